The first kappa shape index (κ1) is 21.0. The average molecular weight is 460 g/mol. The number of hydrogen-bond donors (Lipinski definition) is 1. The molecule has 5 rings (SSSR count). The molecule has 1 saturated heterocycles. The Morgan fingerprint density at radius 1 is 1.00 bits per heavy atom. The largest absolute Gasteiger partial charge is 0.461 e. The van der Waals surface area contributed by atoms with Crippen LogP contribution >= 0.6 is 11.8 Å². The van der Waals surface area contributed by atoms with Gasteiger partial charge in [0.1, 0.15) is 0 Å². The maximum Gasteiger partial charge on any atom is 0.234 e. The van der Waals surface area contributed by atoms with Crippen molar-refractivity contribution in [1.82, 2.24) is 14.8 Å². The van der Waals surface area contributed by atoms with Crippen LogP contribution in [0, 0.1) is 0 Å². The quantitative estimate of drug-likeness (QED) is 0.412. The highest BCUT2D eigenvalue weighted by molar-refractivity contribution is 7.99. The number of nitrogens with one attached hydrogen (secondary N) is 1. The molecular weight excluding hydrogens is 438 g/mol. The second kappa shape index (κ2) is 9.33. The summed E-state index contributed by atoms with van der Waals surface area (Å²) in [4.78, 5) is 26.3. The SMILES string of the molecule is O=C(CSc1nnc(-c2ccco2)n1-c1ccccc1)Nc1ccc(N2CCCC2=O)cc1. The zero-order valence-corrected chi connectivity index (χ0v) is 18.5. The molecule has 1 N–H and O–H groups in total. The molecule has 2 amide bonds. The van der Waals surface area contributed by atoms with Gasteiger partial charge in [0.05, 0.1) is 12.0 Å². The van der Waals surface area contributed by atoms with Crippen LogP contribution in [0.25, 0.3) is 17.3 Å². The van der Waals surface area contributed by atoms with E-state index in [0.29, 0.717) is 28.8 Å². The van der Waals surface area contributed by atoms with Crippen LogP contribution < -0.4 is 10.2 Å². The summed E-state index contributed by atoms with van der Waals surface area (Å²) in [6.07, 6.45) is 3.05. The maximum absolute atomic E-state index is 12.6. The molecule has 0 bridgehead atoms. The van der Waals surface area contributed by atoms with Gasteiger partial charge in [-0.15, -0.1) is 10.2 Å². The summed E-state index contributed by atoms with van der Waals surface area (Å²) in [5.74, 6) is 1.31. The zero-order chi connectivity index (χ0) is 22.6. The van der Waals surface area contributed by atoms with Crippen molar-refractivity contribution < 1.29 is 14.0 Å². The first-order valence-corrected chi connectivity index (χ1v) is 11.6. The lowest BCUT2D eigenvalue weighted by Gasteiger charge is -2.16. The smallest absolute Gasteiger partial charge is 0.234 e. The highest BCUT2D eigenvalue weighted by Crippen LogP contribution is 2.28. The molecule has 0 atom stereocenters. The van der Waals surface area contributed by atoms with E-state index in [4.69, 9.17) is 4.42 Å². The van der Waals surface area contributed by atoms with E-state index in [1.807, 2.05) is 65.2 Å². The third-order valence-electron chi connectivity index (χ3n) is 5.26. The van der Waals surface area contributed by atoms with Gasteiger partial charge in [-0.05, 0) is 55.0 Å². The number of carbonyl (C=O) groups excluding carboxylic acids is 2. The number of carbonyl (C=O) groups is 2. The molecule has 4 aromatic rings. The lowest BCUT2D eigenvalue weighted by atomic mass is 10.2. The van der Waals surface area contributed by atoms with E-state index < -0.39 is 0 Å². The predicted octanol–water partition coefficient (Wildman–Crippen LogP) is 4.38. The number of benzene rings is 2. The van der Waals surface area contributed by atoms with E-state index in [2.05, 4.69) is 15.5 Å². The Morgan fingerprint density at radius 2 is 1.82 bits per heavy atom. The number of aromatic nitrogens is 3. The van der Waals surface area contributed by atoms with E-state index in [-0.39, 0.29) is 17.6 Å². The van der Waals surface area contributed by atoms with Crippen LogP contribution in [0.5, 0.6) is 0 Å². The topological polar surface area (TPSA) is 93.3 Å². The molecule has 0 aliphatic carbocycles. The third-order valence-corrected chi connectivity index (χ3v) is 6.19. The first-order chi connectivity index (χ1) is 16.2. The minimum absolute atomic E-state index is 0.139. The van der Waals surface area contributed by atoms with Crippen molar-refractivity contribution in [2.24, 2.45) is 0 Å². The molecular formula is C24H21N5O3S. The Labute approximate surface area is 194 Å². The van der Waals surface area contributed by atoms with Gasteiger partial charge in [0.25, 0.3) is 0 Å². The molecule has 8 nitrogen and oxygen atoms in total. The summed E-state index contributed by atoms with van der Waals surface area (Å²) in [7, 11) is 0. The van der Waals surface area contributed by atoms with Crippen molar-refractivity contribution in [3.8, 4) is 17.3 Å². The number of thioether (sulfide) groups is 1. The molecule has 1 aliphatic rings. The van der Waals surface area contributed by atoms with Crippen molar-refractivity contribution in [3.05, 3.63) is 73.0 Å². The molecule has 1 fully saturated rings. The van der Waals surface area contributed by atoms with E-state index in [9.17, 15) is 9.59 Å². The number of furan rings is 1. The lowest BCUT2D eigenvalue weighted by Crippen LogP contribution is -2.23. The summed E-state index contributed by atoms with van der Waals surface area (Å²) in [6, 6.07) is 20.7. The van der Waals surface area contributed by atoms with Gasteiger partial charge in [-0.25, -0.2) is 0 Å². The van der Waals surface area contributed by atoms with Crippen LogP contribution in [0.4, 0.5) is 11.4 Å². The van der Waals surface area contributed by atoms with Crippen LogP contribution in [0.1, 0.15) is 12.8 Å². The maximum atomic E-state index is 12.6. The number of rotatable bonds is 7. The summed E-state index contributed by atoms with van der Waals surface area (Å²) >= 11 is 1.29. The fourth-order valence-corrected chi connectivity index (χ4v) is 4.46. The van der Waals surface area contributed by atoms with Gasteiger partial charge in [-0.1, -0.05) is 30.0 Å². The number of para-hydroxylation sites is 1. The Bertz CT molecular complexity index is 1250. The van der Waals surface area contributed by atoms with Crippen molar-refractivity contribution in [2.75, 3.05) is 22.5 Å². The van der Waals surface area contributed by atoms with E-state index in [0.717, 1.165) is 24.3 Å². The van der Waals surface area contributed by atoms with E-state index in [1.165, 1.54) is 11.8 Å². The second-order valence-corrected chi connectivity index (χ2v) is 8.43. The summed E-state index contributed by atoms with van der Waals surface area (Å²) in [5, 5.41) is 12.1. The molecule has 0 unspecified atom stereocenters. The van der Waals surface area contributed by atoms with Crippen molar-refractivity contribution >= 4 is 35.0 Å². The summed E-state index contributed by atoms with van der Waals surface area (Å²) in [6.45, 7) is 0.739. The van der Waals surface area contributed by atoms with Gasteiger partial charge in [-0.2, -0.15) is 0 Å². The van der Waals surface area contributed by atoms with Gasteiger partial charge >= 0.3 is 0 Å². The average Bonchev–Trinajstić information content (AvgIpc) is 3.59. The van der Waals surface area contributed by atoms with Crippen molar-refractivity contribution in [3.63, 3.8) is 0 Å². The highest BCUT2D eigenvalue weighted by Gasteiger charge is 2.22. The lowest BCUT2D eigenvalue weighted by molar-refractivity contribution is -0.117. The van der Waals surface area contributed by atoms with Crippen LogP contribution in [-0.2, 0) is 9.59 Å². The molecule has 9 heteroatoms. The number of anilines is 2. The molecule has 1 aliphatic heterocycles. The van der Waals surface area contributed by atoms with E-state index >= 15 is 0 Å². The van der Waals surface area contributed by atoms with Crippen LogP contribution in [0.3, 0.4) is 0 Å². The summed E-state index contributed by atoms with van der Waals surface area (Å²) in [5.41, 5.74) is 2.41. The third kappa shape index (κ3) is 4.54. The molecule has 3 heterocycles. The molecule has 33 heavy (non-hydrogen) atoms. The molecule has 166 valence electrons. The standard InChI is InChI=1S/C24H21N5O3S/c30-21(25-17-10-12-18(13-11-17)28-14-4-9-22(28)31)16-33-24-27-26-23(20-8-5-15-32-20)29(24)19-6-2-1-3-7-19/h1-3,5-8,10-13,15H,4,9,14,16H2,(H,25,30). The number of amides is 2. The molecule has 2 aromatic heterocycles. The monoisotopic (exact) mass is 459 g/mol. The van der Waals surface area contributed by atoms with Gasteiger partial charge in [-0.3, -0.25) is 14.2 Å². The molecule has 0 radical (unpaired) electrons. The highest BCUT2D eigenvalue weighted by atomic mass is 32.2. The Balaban J connectivity index is 1.28. The summed E-state index contributed by atoms with van der Waals surface area (Å²) < 4.78 is 7.39. The predicted molar refractivity (Wildman–Crippen MR) is 126 cm³/mol. The van der Waals surface area contributed by atoms with Gasteiger partial charge in [0, 0.05) is 30.0 Å². The first-order valence-electron chi connectivity index (χ1n) is 10.6. The minimum Gasteiger partial charge on any atom is -0.461 e. The number of hydrogen-bond acceptors (Lipinski definition) is 6. The van der Waals surface area contributed by atoms with Gasteiger partial charge in [0.2, 0.25) is 17.6 Å². The second-order valence-electron chi connectivity index (χ2n) is 7.49. The fraction of sp³-hybridized carbons (Fsp3) is 0.167. The molecule has 0 spiro atoms. The zero-order valence-electron chi connectivity index (χ0n) is 17.7. The van der Waals surface area contributed by atoms with Gasteiger partial charge < -0.3 is 14.6 Å². The normalized spacial score (nSPS) is 13.5. The Hall–Kier alpha value is -3.85. The Morgan fingerprint density at radius 3 is 2.52 bits per heavy atom. The van der Waals surface area contributed by atoms with Gasteiger partial charge in [0.15, 0.2) is 10.9 Å². The van der Waals surface area contributed by atoms with Crippen LogP contribution in [0.15, 0.2) is 82.6 Å². The molecule has 0 saturated carbocycles. The van der Waals surface area contributed by atoms with E-state index in [1.54, 1.807) is 17.2 Å². The molecule has 2 aromatic carbocycles. The van der Waals surface area contributed by atoms with Crippen LogP contribution in [0.2, 0.25) is 0 Å². The fourth-order valence-electron chi connectivity index (χ4n) is 3.71. The number of nitrogens with zero attached hydrogens (tertiary/aromatic N) is 4. The van der Waals surface area contributed by atoms with Crippen molar-refractivity contribution in [2.45, 2.75) is 18.0 Å². The van der Waals surface area contributed by atoms with Crippen molar-refractivity contribution in [1.29, 1.82) is 0 Å². The minimum atomic E-state index is -0.160. The Kier molecular flexibility index (Phi) is 5.95. The van der Waals surface area contributed by atoms with Crippen LogP contribution in [-0.4, -0.2) is 38.9 Å².